The summed E-state index contributed by atoms with van der Waals surface area (Å²) in [6.07, 6.45) is 5.23. The van der Waals surface area contributed by atoms with Crippen molar-refractivity contribution < 1.29 is 9.53 Å². The summed E-state index contributed by atoms with van der Waals surface area (Å²) < 4.78 is 6.78. The van der Waals surface area contributed by atoms with E-state index in [1.807, 2.05) is 39.0 Å². The molecule has 4 nitrogen and oxygen atoms in total. The zero-order chi connectivity index (χ0) is 18.2. The molecular weight excluding hydrogens is 358 g/mol. The zero-order valence-corrected chi connectivity index (χ0v) is 15.8. The van der Waals surface area contributed by atoms with E-state index in [0.29, 0.717) is 20.8 Å². The van der Waals surface area contributed by atoms with Crippen molar-refractivity contribution in [3.05, 3.63) is 53.9 Å². The average Bonchev–Trinajstić information content (AvgIpc) is 2.85. The second-order valence-electron chi connectivity index (χ2n) is 6.88. The Morgan fingerprint density at radius 3 is 2.84 bits per heavy atom. The van der Waals surface area contributed by atoms with Gasteiger partial charge in [-0.3, -0.25) is 9.59 Å². The predicted octanol–water partition coefficient (Wildman–Crippen LogP) is 2.74. The number of H-pyrrole nitrogens is 1. The van der Waals surface area contributed by atoms with Crippen LogP contribution in [0.5, 0.6) is 5.75 Å². The molecule has 0 saturated heterocycles. The molecule has 0 saturated carbocycles. The molecule has 3 rings (SSSR count). The molecule has 1 N–H and O–H groups in total. The van der Waals surface area contributed by atoms with Gasteiger partial charge in [-0.15, -0.1) is 11.3 Å². The van der Waals surface area contributed by atoms with Crippen molar-refractivity contribution in [1.29, 1.82) is 0 Å². The minimum atomic E-state index is -0.479. The van der Waals surface area contributed by atoms with E-state index in [1.165, 1.54) is 17.4 Å². The van der Waals surface area contributed by atoms with Gasteiger partial charge in [-0.1, -0.05) is 32.4 Å². The van der Waals surface area contributed by atoms with Crippen molar-refractivity contribution in [3.63, 3.8) is 0 Å². The first-order valence-electron chi connectivity index (χ1n) is 7.82. The lowest BCUT2D eigenvalue weighted by Crippen LogP contribution is -2.22. The minimum Gasteiger partial charge on any atom is -0.488 e. The first kappa shape index (κ1) is 17.7. The highest BCUT2D eigenvalue weighted by atomic mass is 35.5. The number of Topliss-reactive ketones (excluding diaryl/α,β-unsaturated/α-hetero) is 1. The van der Waals surface area contributed by atoms with Gasteiger partial charge < -0.3 is 9.72 Å². The first-order valence-corrected chi connectivity index (χ1v) is 9.02. The standard InChI is InChI=1S/C19H18ClNO3S/c1-19(2,3)16(22)9-17-21-18(23)15(25-17)7-11-6-12-8-13(20)4-5-14(12)24-10-11/h4-9H,10H2,1-3H3,(H,21,23). The molecule has 25 heavy (non-hydrogen) atoms. The van der Waals surface area contributed by atoms with E-state index in [9.17, 15) is 9.59 Å². The third-order valence-corrected chi connectivity index (χ3v) is 4.90. The van der Waals surface area contributed by atoms with Gasteiger partial charge in [-0.2, -0.15) is 0 Å². The molecule has 0 radical (unpaired) electrons. The maximum atomic E-state index is 12.1. The maximum Gasteiger partial charge on any atom is 0.266 e. The van der Waals surface area contributed by atoms with E-state index >= 15 is 0 Å². The average molecular weight is 376 g/mol. The Balaban J connectivity index is 2.00. The van der Waals surface area contributed by atoms with Gasteiger partial charge in [0, 0.05) is 22.1 Å². The van der Waals surface area contributed by atoms with Crippen LogP contribution in [0.1, 0.15) is 26.3 Å². The number of thiazole rings is 1. The summed E-state index contributed by atoms with van der Waals surface area (Å²) in [5, 5.41) is 0.631. The number of carbonyl (C=O) groups excluding carboxylic acids is 1. The van der Waals surface area contributed by atoms with Crippen molar-refractivity contribution in [2.45, 2.75) is 20.8 Å². The van der Waals surface area contributed by atoms with Crippen molar-refractivity contribution in [2.24, 2.45) is 5.41 Å². The Bertz CT molecular complexity index is 1040. The Morgan fingerprint density at radius 1 is 1.36 bits per heavy atom. The molecule has 1 aromatic carbocycles. The molecule has 0 atom stereocenters. The molecule has 1 aliphatic heterocycles. The van der Waals surface area contributed by atoms with Gasteiger partial charge >= 0.3 is 0 Å². The topological polar surface area (TPSA) is 59.2 Å². The van der Waals surface area contributed by atoms with Crippen LogP contribution in [0.2, 0.25) is 5.02 Å². The number of hydrogen-bond donors (Lipinski definition) is 1. The van der Waals surface area contributed by atoms with Crippen LogP contribution in [0.4, 0.5) is 0 Å². The van der Waals surface area contributed by atoms with Crippen LogP contribution in [-0.4, -0.2) is 17.4 Å². The largest absolute Gasteiger partial charge is 0.488 e. The molecule has 6 heteroatoms. The fraction of sp³-hybridized carbons (Fsp3) is 0.263. The van der Waals surface area contributed by atoms with E-state index in [0.717, 1.165) is 16.9 Å². The summed E-state index contributed by atoms with van der Waals surface area (Å²) >= 11 is 7.27. The molecule has 0 bridgehead atoms. The van der Waals surface area contributed by atoms with Crippen LogP contribution in [0, 0.1) is 5.41 Å². The van der Waals surface area contributed by atoms with E-state index < -0.39 is 5.41 Å². The van der Waals surface area contributed by atoms with Gasteiger partial charge in [0.2, 0.25) is 0 Å². The second-order valence-corrected chi connectivity index (χ2v) is 8.40. The molecule has 2 aromatic rings. The number of benzene rings is 1. The summed E-state index contributed by atoms with van der Waals surface area (Å²) in [4.78, 5) is 27.0. The number of nitrogens with one attached hydrogen (secondary N) is 1. The number of aromatic amines is 1. The van der Waals surface area contributed by atoms with Crippen molar-refractivity contribution >= 4 is 46.9 Å². The number of carbonyl (C=O) groups is 1. The molecule has 0 unspecified atom stereocenters. The van der Waals surface area contributed by atoms with E-state index in [2.05, 4.69) is 4.98 Å². The number of halogens is 1. The molecule has 130 valence electrons. The van der Waals surface area contributed by atoms with Gasteiger partial charge in [0.1, 0.15) is 12.4 Å². The Labute approximate surface area is 154 Å². The van der Waals surface area contributed by atoms with Gasteiger partial charge in [0.25, 0.3) is 5.56 Å². The maximum absolute atomic E-state index is 12.1. The Kier molecular flexibility index (Phi) is 4.71. The Hall–Kier alpha value is -2.11. The van der Waals surface area contributed by atoms with Gasteiger partial charge in [-0.05, 0) is 35.9 Å². The second kappa shape index (κ2) is 6.65. The molecule has 0 amide bonds. The highest BCUT2D eigenvalue weighted by Gasteiger charge is 2.18. The van der Waals surface area contributed by atoms with Gasteiger partial charge in [0.15, 0.2) is 5.78 Å². The minimum absolute atomic E-state index is 0.0275. The van der Waals surface area contributed by atoms with Gasteiger partial charge in [-0.25, -0.2) is 0 Å². The fourth-order valence-electron chi connectivity index (χ4n) is 2.28. The number of aromatic nitrogens is 1. The summed E-state index contributed by atoms with van der Waals surface area (Å²) in [6.45, 7) is 5.91. The fourth-order valence-corrected chi connectivity index (χ4v) is 3.36. The zero-order valence-electron chi connectivity index (χ0n) is 14.2. The summed E-state index contributed by atoms with van der Waals surface area (Å²) in [6, 6.07) is 5.43. The number of fused-ring (bicyclic) bond motifs is 1. The molecule has 1 aromatic heterocycles. The van der Waals surface area contributed by atoms with Crippen molar-refractivity contribution in [3.8, 4) is 5.75 Å². The normalized spacial score (nSPS) is 15.6. The molecule has 0 aliphatic carbocycles. The molecule has 0 spiro atoms. The van der Waals surface area contributed by atoms with Crippen LogP contribution < -0.4 is 19.5 Å². The smallest absolute Gasteiger partial charge is 0.266 e. The monoisotopic (exact) mass is 375 g/mol. The van der Waals surface area contributed by atoms with E-state index in [1.54, 1.807) is 12.1 Å². The van der Waals surface area contributed by atoms with Crippen LogP contribution in [0.3, 0.4) is 0 Å². The van der Waals surface area contributed by atoms with Crippen LogP contribution in [-0.2, 0) is 4.79 Å². The Morgan fingerprint density at radius 2 is 2.12 bits per heavy atom. The third-order valence-electron chi connectivity index (χ3n) is 3.71. The number of rotatable bonds is 2. The SMILES string of the molecule is CC(C)(C)C(=O)C=c1[nH]c(=O)c(=CC2=Cc3cc(Cl)ccc3OC2)s1. The summed E-state index contributed by atoms with van der Waals surface area (Å²) in [7, 11) is 0. The number of ketones is 1. The lowest BCUT2D eigenvalue weighted by Gasteiger charge is -2.15. The van der Waals surface area contributed by atoms with Crippen molar-refractivity contribution in [1.82, 2.24) is 4.98 Å². The highest BCUT2D eigenvalue weighted by molar-refractivity contribution is 7.07. The van der Waals surface area contributed by atoms with Crippen molar-refractivity contribution in [2.75, 3.05) is 6.61 Å². The first-order chi connectivity index (χ1) is 11.7. The predicted molar refractivity (Wildman–Crippen MR) is 103 cm³/mol. The number of ether oxygens (including phenoxy) is 1. The molecule has 2 heterocycles. The number of hydrogen-bond acceptors (Lipinski definition) is 4. The highest BCUT2D eigenvalue weighted by Crippen LogP contribution is 2.29. The quantitative estimate of drug-likeness (QED) is 0.878. The van der Waals surface area contributed by atoms with E-state index in [-0.39, 0.29) is 11.3 Å². The summed E-state index contributed by atoms with van der Waals surface area (Å²) in [5.41, 5.74) is 1.06. The van der Waals surface area contributed by atoms with Crippen LogP contribution in [0.15, 0.2) is 28.6 Å². The lowest BCUT2D eigenvalue weighted by molar-refractivity contribution is -0.119. The van der Waals surface area contributed by atoms with Crippen LogP contribution >= 0.6 is 22.9 Å². The van der Waals surface area contributed by atoms with Crippen LogP contribution in [0.25, 0.3) is 18.2 Å². The lowest BCUT2D eigenvalue weighted by atomic mass is 9.91. The summed E-state index contributed by atoms with van der Waals surface area (Å²) in [5.74, 6) is 0.742. The third kappa shape index (κ3) is 4.11. The molecule has 1 aliphatic rings. The van der Waals surface area contributed by atoms with Gasteiger partial charge in [0.05, 0.1) is 9.20 Å². The molecule has 0 fully saturated rings. The molecular formula is C19H18ClNO3S. The van der Waals surface area contributed by atoms with E-state index in [4.69, 9.17) is 16.3 Å².